The van der Waals surface area contributed by atoms with Gasteiger partial charge in [0.15, 0.2) is 0 Å². The molecule has 1 aromatic carbocycles. The molecule has 0 unspecified atom stereocenters. The van der Waals surface area contributed by atoms with Crippen molar-refractivity contribution in [3.05, 3.63) is 83.4 Å². The number of pyridine rings is 1. The molecule has 0 aliphatic carbocycles. The molecule has 0 spiro atoms. The van der Waals surface area contributed by atoms with Crippen LogP contribution in [0.5, 0.6) is 0 Å². The molecule has 1 atom stereocenters. The summed E-state index contributed by atoms with van der Waals surface area (Å²) in [5.41, 5.74) is 5.08. The number of hydrogen-bond donors (Lipinski definition) is 1. The third-order valence-corrected chi connectivity index (χ3v) is 4.14. The fraction of sp³-hybridized carbons (Fsp3) is 0.190. The van der Waals surface area contributed by atoms with E-state index in [9.17, 15) is 4.79 Å². The van der Waals surface area contributed by atoms with Gasteiger partial charge in [-0.05, 0) is 68.3 Å². The van der Waals surface area contributed by atoms with Crippen molar-refractivity contribution in [3.8, 4) is 5.69 Å². The Kier molecular flexibility index (Phi) is 5.27. The van der Waals surface area contributed by atoms with Crippen LogP contribution in [0.2, 0.25) is 0 Å². The molecule has 1 N–H and O–H groups in total. The number of nitrogens with zero attached hydrogens (tertiary/aromatic N) is 3. The lowest BCUT2D eigenvalue weighted by molar-refractivity contribution is -0.117. The molecule has 2 heterocycles. The van der Waals surface area contributed by atoms with Crippen LogP contribution in [0.3, 0.4) is 0 Å². The molecule has 0 saturated heterocycles. The molecule has 2 aromatic heterocycles. The molecule has 5 heteroatoms. The van der Waals surface area contributed by atoms with E-state index in [-0.39, 0.29) is 11.9 Å². The molecule has 26 heavy (non-hydrogen) atoms. The van der Waals surface area contributed by atoms with E-state index in [1.807, 2.05) is 67.9 Å². The molecule has 0 bridgehead atoms. The highest BCUT2D eigenvalue weighted by Crippen LogP contribution is 2.17. The van der Waals surface area contributed by atoms with Crippen LogP contribution in [0.1, 0.15) is 35.5 Å². The first kappa shape index (κ1) is 17.6. The molecular formula is C21H22N4O. The van der Waals surface area contributed by atoms with Gasteiger partial charge in [0.1, 0.15) is 0 Å². The lowest BCUT2D eigenvalue weighted by Crippen LogP contribution is -2.24. The van der Waals surface area contributed by atoms with Gasteiger partial charge in [-0.2, -0.15) is 5.10 Å². The summed E-state index contributed by atoms with van der Waals surface area (Å²) in [4.78, 5) is 16.1. The molecule has 0 fully saturated rings. The largest absolute Gasteiger partial charge is 0.346 e. The maximum absolute atomic E-state index is 12.1. The second kappa shape index (κ2) is 7.78. The van der Waals surface area contributed by atoms with Gasteiger partial charge in [0.25, 0.3) is 0 Å². The van der Waals surface area contributed by atoms with E-state index in [0.717, 1.165) is 28.2 Å². The van der Waals surface area contributed by atoms with Crippen LogP contribution in [0, 0.1) is 13.8 Å². The number of aryl methyl sites for hydroxylation is 2. The smallest absolute Gasteiger partial charge is 0.244 e. The summed E-state index contributed by atoms with van der Waals surface area (Å²) in [7, 11) is 0. The number of hydrogen-bond acceptors (Lipinski definition) is 3. The Morgan fingerprint density at radius 2 is 1.81 bits per heavy atom. The predicted molar refractivity (Wildman–Crippen MR) is 103 cm³/mol. The fourth-order valence-corrected chi connectivity index (χ4v) is 2.79. The first-order chi connectivity index (χ1) is 12.5. The average molecular weight is 346 g/mol. The van der Waals surface area contributed by atoms with Crippen LogP contribution < -0.4 is 5.32 Å². The topological polar surface area (TPSA) is 59.8 Å². The highest BCUT2D eigenvalue weighted by Gasteiger charge is 2.09. The Labute approximate surface area is 153 Å². The van der Waals surface area contributed by atoms with E-state index in [4.69, 9.17) is 0 Å². The summed E-state index contributed by atoms with van der Waals surface area (Å²) in [5, 5.41) is 7.47. The minimum Gasteiger partial charge on any atom is -0.346 e. The van der Waals surface area contributed by atoms with Crippen molar-refractivity contribution < 1.29 is 4.79 Å². The maximum atomic E-state index is 12.1. The van der Waals surface area contributed by atoms with Crippen molar-refractivity contribution in [3.63, 3.8) is 0 Å². The lowest BCUT2D eigenvalue weighted by atomic mass is 10.1. The molecule has 3 rings (SSSR count). The van der Waals surface area contributed by atoms with Crippen molar-refractivity contribution in [1.29, 1.82) is 0 Å². The molecule has 132 valence electrons. The van der Waals surface area contributed by atoms with Gasteiger partial charge in [0, 0.05) is 24.2 Å². The summed E-state index contributed by atoms with van der Waals surface area (Å²) >= 11 is 0. The number of amides is 1. The molecule has 3 aromatic rings. The first-order valence-electron chi connectivity index (χ1n) is 8.55. The van der Waals surface area contributed by atoms with Gasteiger partial charge in [-0.15, -0.1) is 0 Å². The zero-order valence-corrected chi connectivity index (χ0v) is 15.2. The van der Waals surface area contributed by atoms with Crippen LogP contribution in [-0.2, 0) is 4.79 Å². The second-order valence-electron chi connectivity index (χ2n) is 6.27. The maximum Gasteiger partial charge on any atom is 0.244 e. The Morgan fingerprint density at radius 1 is 1.12 bits per heavy atom. The van der Waals surface area contributed by atoms with Crippen LogP contribution in [0.25, 0.3) is 11.8 Å². The van der Waals surface area contributed by atoms with Crippen LogP contribution >= 0.6 is 0 Å². The fourth-order valence-electron chi connectivity index (χ4n) is 2.79. The first-order valence-corrected chi connectivity index (χ1v) is 8.55. The summed E-state index contributed by atoms with van der Waals surface area (Å²) in [6, 6.07) is 13.7. The Hall–Kier alpha value is -3.21. The minimum atomic E-state index is -0.128. The minimum absolute atomic E-state index is 0.0842. The molecular weight excluding hydrogens is 324 g/mol. The van der Waals surface area contributed by atoms with Gasteiger partial charge in [-0.3, -0.25) is 9.78 Å². The number of rotatable bonds is 5. The van der Waals surface area contributed by atoms with Crippen molar-refractivity contribution in [1.82, 2.24) is 20.1 Å². The van der Waals surface area contributed by atoms with Gasteiger partial charge < -0.3 is 5.32 Å². The van der Waals surface area contributed by atoms with Gasteiger partial charge in [-0.25, -0.2) is 4.68 Å². The highest BCUT2D eigenvalue weighted by atomic mass is 16.1. The third kappa shape index (κ3) is 4.25. The molecule has 0 saturated carbocycles. The molecule has 0 aliphatic heterocycles. The van der Waals surface area contributed by atoms with Crippen molar-refractivity contribution in [2.45, 2.75) is 26.8 Å². The standard InChI is InChI=1S/C21H22N4O/c1-15-14-16(2)25(24-15)20-7-5-19(6-8-20)17(3)23-21(26)9-4-18-10-12-22-13-11-18/h4-14,17H,1-3H3,(H,23,26)/b9-4-/t17-/m0/s1. The predicted octanol–water partition coefficient (Wildman–Crippen LogP) is 3.77. The lowest BCUT2D eigenvalue weighted by Gasteiger charge is -2.14. The van der Waals surface area contributed by atoms with Crippen LogP contribution in [0.4, 0.5) is 0 Å². The Bertz CT molecular complexity index is 911. The normalized spacial score (nSPS) is 12.3. The summed E-state index contributed by atoms with van der Waals surface area (Å²) < 4.78 is 1.92. The van der Waals surface area contributed by atoms with Crippen LogP contribution in [0.15, 0.2) is 60.9 Å². The van der Waals surface area contributed by atoms with E-state index in [2.05, 4.69) is 15.4 Å². The number of aromatic nitrogens is 3. The molecule has 0 aliphatic rings. The third-order valence-electron chi connectivity index (χ3n) is 4.14. The van der Waals surface area contributed by atoms with E-state index in [1.165, 1.54) is 6.08 Å². The quantitative estimate of drug-likeness (QED) is 0.715. The summed E-state index contributed by atoms with van der Waals surface area (Å²) in [5.74, 6) is -0.128. The number of benzene rings is 1. The van der Waals surface area contributed by atoms with Gasteiger partial charge in [-0.1, -0.05) is 12.1 Å². The zero-order chi connectivity index (χ0) is 18.5. The van der Waals surface area contributed by atoms with E-state index in [0.29, 0.717) is 0 Å². The number of carbonyl (C=O) groups excluding carboxylic acids is 1. The number of carbonyl (C=O) groups is 1. The Morgan fingerprint density at radius 3 is 2.42 bits per heavy atom. The van der Waals surface area contributed by atoms with Gasteiger partial charge in [0.05, 0.1) is 17.4 Å². The van der Waals surface area contributed by atoms with Gasteiger partial charge >= 0.3 is 0 Å². The highest BCUT2D eigenvalue weighted by molar-refractivity contribution is 5.91. The molecule has 1 amide bonds. The molecule has 0 radical (unpaired) electrons. The number of nitrogens with one attached hydrogen (secondary N) is 1. The zero-order valence-electron chi connectivity index (χ0n) is 15.2. The Balaban J connectivity index is 1.64. The monoisotopic (exact) mass is 346 g/mol. The van der Waals surface area contributed by atoms with E-state index >= 15 is 0 Å². The van der Waals surface area contributed by atoms with Crippen LogP contribution in [-0.4, -0.2) is 20.7 Å². The van der Waals surface area contributed by atoms with E-state index in [1.54, 1.807) is 18.5 Å². The van der Waals surface area contributed by atoms with Gasteiger partial charge in [0.2, 0.25) is 5.91 Å². The SMILES string of the molecule is Cc1cc(C)n(-c2ccc([C@H](C)NC(=O)/C=C\c3ccncc3)cc2)n1. The van der Waals surface area contributed by atoms with E-state index < -0.39 is 0 Å². The summed E-state index contributed by atoms with van der Waals surface area (Å²) in [6.45, 7) is 5.98. The van der Waals surface area contributed by atoms with Crippen molar-refractivity contribution >= 4 is 12.0 Å². The average Bonchev–Trinajstić information content (AvgIpc) is 2.99. The molecule has 5 nitrogen and oxygen atoms in total. The van der Waals surface area contributed by atoms with Crippen molar-refractivity contribution in [2.75, 3.05) is 0 Å². The second-order valence-corrected chi connectivity index (χ2v) is 6.27. The van der Waals surface area contributed by atoms with Crippen molar-refractivity contribution in [2.24, 2.45) is 0 Å². The summed E-state index contributed by atoms with van der Waals surface area (Å²) in [6.07, 6.45) is 6.71.